The lowest BCUT2D eigenvalue weighted by Gasteiger charge is -2.31. The molecule has 1 aliphatic carbocycles. The molecule has 2 N–H and O–H groups in total. The van der Waals surface area contributed by atoms with Gasteiger partial charge in [0, 0.05) is 12.6 Å². The Morgan fingerprint density at radius 1 is 1.12 bits per heavy atom. The summed E-state index contributed by atoms with van der Waals surface area (Å²) >= 11 is 0. The van der Waals surface area contributed by atoms with Gasteiger partial charge in [0.25, 0.3) is 0 Å². The predicted octanol–water partition coefficient (Wildman–Crippen LogP) is 2.69. The van der Waals surface area contributed by atoms with Crippen molar-refractivity contribution in [3.63, 3.8) is 0 Å². The molecule has 0 saturated carbocycles. The van der Waals surface area contributed by atoms with E-state index in [1.54, 1.807) is 5.57 Å². The highest BCUT2D eigenvalue weighted by molar-refractivity contribution is 5.05. The van der Waals surface area contributed by atoms with Crippen molar-refractivity contribution in [1.82, 2.24) is 4.90 Å². The zero-order valence-electron chi connectivity index (χ0n) is 10.5. The highest BCUT2D eigenvalue weighted by Gasteiger charge is 2.16. The van der Waals surface area contributed by atoms with Crippen molar-refractivity contribution in [2.45, 2.75) is 57.4 Å². The highest BCUT2D eigenvalue weighted by Crippen LogP contribution is 2.19. The third kappa shape index (κ3) is 3.91. The van der Waals surface area contributed by atoms with Crippen LogP contribution < -0.4 is 5.73 Å². The Morgan fingerprint density at radius 3 is 2.69 bits per heavy atom. The van der Waals surface area contributed by atoms with E-state index in [9.17, 15) is 0 Å². The van der Waals surface area contributed by atoms with Gasteiger partial charge in [0.05, 0.1) is 0 Å². The topological polar surface area (TPSA) is 29.3 Å². The molecule has 1 saturated heterocycles. The van der Waals surface area contributed by atoms with E-state index in [1.807, 2.05) is 0 Å². The van der Waals surface area contributed by atoms with Crippen LogP contribution >= 0.6 is 0 Å². The van der Waals surface area contributed by atoms with Crippen LogP contribution in [0.1, 0.15) is 51.4 Å². The van der Waals surface area contributed by atoms with Crippen LogP contribution in [-0.2, 0) is 0 Å². The first-order valence-electron chi connectivity index (χ1n) is 7.00. The van der Waals surface area contributed by atoms with E-state index in [-0.39, 0.29) is 0 Å². The minimum Gasteiger partial charge on any atom is -0.328 e. The summed E-state index contributed by atoms with van der Waals surface area (Å²) < 4.78 is 0. The molecule has 0 aromatic carbocycles. The Hall–Kier alpha value is -0.340. The molecule has 0 atom stereocenters. The van der Waals surface area contributed by atoms with Gasteiger partial charge in [-0.05, 0) is 51.6 Å². The molecule has 0 aromatic heterocycles. The van der Waals surface area contributed by atoms with Crippen molar-refractivity contribution in [3.05, 3.63) is 11.6 Å². The monoisotopic (exact) mass is 222 g/mol. The van der Waals surface area contributed by atoms with Crippen LogP contribution in [0.15, 0.2) is 11.6 Å². The van der Waals surface area contributed by atoms with E-state index in [0.717, 1.165) is 0 Å². The maximum Gasteiger partial charge on any atom is 0.0192 e. The lowest BCUT2D eigenvalue weighted by atomic mass is 9.98. The summed E-state index contributed by atoms with van der Waals surface area (Å²) in [6.07, 6.45) is 13.2. The third-order valence-electron chi connectivity index (χ3n) is 3.94. The van der Waals surface area contributed by atoms with E-state index >= 15 is 0 Å². The minimum absolute atomic E-state index is 0.461. The summed E-state index contributed by atoms with van der Waals surface area (Å²) in [6, 6.07) is 0.461. The molecule has 2 rings (SSSR count). The second kappa shape index (κ2) is 6.41. The first-order chi connectivity index (χ1) is 7.84. The Balaban J connectivity index is 1.78. The largest absolute Gasteiger partial charge is 0.328 e. The molecule has 1 aliphatic heterocycles. The molecule has 2 heteroatoms. The van der Waals surface area contributed by atoms with Gasteiger partial charge in [0.15, 0.2) is 0 Å². The van der Waals surface area contributed by atoms with Crippen molar-refractivity contribution >= 4 is 0 Å². The quantitative estimate of drug-likeness (QED) is 0.728. The summed E-state index contributed by atoms with van der Waals surface area (Å²) in [4.78, 5) is 2.59. The van der Waals surface area contributed by atoms with Crippen LogP contribution in [0.5, 0.6) is 0 Å². The first-order valence-corrected chi connectivity index (χ1v) is 7.00. The minimum atomic E-state index is 0.461. The molecule has 1 heterocycles. The Morgan fingerprint density at radius 2 is 1.88 bits per heavy atom. The number of allylic oxidation sites excluding steroid dienone is 1. The first kappa shape index (κ1) is 12.1. The van der Waals surface area contributed by atoms with Gasteiger partial charge in [-0.2, -0.15) is 0 Å². The number of nitrogens with zero attached hydrogens (tertiary/aromatic N) is 1. The van der Waals surface area contributed by atoms with Gasteiger partial charge >= 0.3 is 0 Å². The summed E-state index contributed by atoms with van der Waals surface area (Å²) in [7, 11) is 0. The van der Waals surface area contributed by atoms with Gasteiger partial charge in [-0.3, -0.25) is 4.90 Å². The van der Waals surface area contributed by atoms with Gasteiger partial charge in [-0.25, -0.2) is 0 Å². The second-order valence-corrected chi connectivity index (χ2v) is 5.43. The summed E-state index contributed by atoms with van der Waals surface area (Å²) in [5, 5.41) is 0. The maximum atomic E-state index is 5.93. The van der Waals surface area contributed by atoms with E-state index in [4.69, 9.17) is 5.73 Å². The van der Waals surface area contributed by atoms with Crippen molar-refractivity contribution in [2.75, 3.05) is 19.6 Å². The SMILES string of the molecule is NC1CCN(C/C2=C/CCCCCC2)CC1. The predicted molar refractivity (Wildman–Crippen MR) is 69.4 cm³/mol. The molecular formula is C14H26N2. The Kier molecular flexibility index (Phi) is 4.86. The lowest BCUT2D eigenvalue weighted by molar-refractivity contribution is 0.227. The summed E-state index contributed by atoms with van der Waals surface area (Å²) in [6.45, 7) is 3.63. The van der Waals surface area contributed by atoms with Gasteiger partial charge in [-0.1, -0.05) is 24.5 Å². The van der Waals surface area contributed by atoms with Crippen LogP contribution in [0, 0.1) is 0 Å². The van der Waals surface area contributed by atoms with E-state index < -0.39 is 0 Å². The number of hydrogen-bond acceptors (Lipinski definition) is 2. The Labute approximate surface area is 99.9 Å². The molecule has 0 amide bonds. The number of rotatable bonds is 2. The van der Waals surface area contributed by atoms with Crippen molar-refractivity contribution in [2.24, 2.45) is 5.73 Å². The molecule has 92 valence electrons. The number of likely N-dealkylation sites (tertiary alicyclic amines) is 1. The smallest absolute Gasteiger partial charge is 0.0192 e. The number of hydrogen-bond donors (Lipinski definition) is 1. The van der Waals surface area contributed by atoms with Gasteiger partial charge in [0.2, 0.25) is 0 Å². The van der Waals surface area contributed by atoms with Crippen LogP contribution in [0.2, 0.25) is 0 Å². The molecule has 0 unspecified atom stereocenters. The molecule has 0 radical (unpaired) electrons. The molecule has 0 aromatic rings. The van der Waals surface area contributed by atoms with Crippen molar-refractivity contribution in [1.29, 1.82) is 0 Å². The Bertz CT molecular complexity index is 227. The highest BCUT2D eigenvalue weighted by atomic mass is 15.1. The summed E-state index contributed by atoms with van der Waals surface area (Å²) in [5.41, 5.74) is 7.62. The van der Waals surface area contributed by atoms with Crippen LogP contribution in [0.25, 0.3) is 0 Å². The standard InChI is InChI=1S/C14H26N2/c15-14-8-10-16(11-9-14)12-13-6-4-2-1-3-5-7-13/h6,14H,1-5,7-12,15H2/b13-6+. The maximum absolute atomic E-state index is 5.93. The van der Waals surface area contributed by atoms with E-state index in [1.165, 1.54) is 71.0 Å². The number of piperidine rings is 1. The zero-order valence-corrected chi connectivity index (χ0v) is 10.5. The normalized spacial score (nSPS) is 29.2. The average molecular weight is 222 g/mol. The second-order valence-electron chi connectivity index (χ2n) is 5.43. The van der Waals surface area contributed by atoms with Crippen molar-refractivity contribution < 1.29 is 0 Å². The summed E-state index contributed by atoms with van der Waals surface area (Å²) in [5.74, 6) is 0. The van der Waals surface area contributed by atoms with Gasteiger partial charge in [-0.15, -0.1) is 0 Å². The third-order valence-corrected chi connectivity index (χ3v) is 3.94. The van der Waals surface area contributed by atoms with E-state index in [0.29, 0.717) is 6.04 Å². The van der Waals surface area contributed by atoms with Gasteiger partial charge in [0.1, 0.15) is 0 Å². The molecule has 2 nitrogen and oxygen atoms in total. The van der Waals surface area contributed by atoms with E-state index in [2.05, 4.69) is 11.0 Å². The van der Waals surface area contributed by atoms with Gasteiger partial charge < -0.3 is 5.73 Å². The molecule has 2 aliphatic rings. The lowest BCUT2D eigenvalue weighted by Crippen LogP contribution is -2.40. The molecule has 0 spiro atoms. The van der Waals surface area contributed by atoms with Crippen molar-refractivity contribution in [3.8, 4) is 0 Å². The van der Waals surface area contributed by atoms with Crippen LogP contribution in [0.4, 0.5) is 0 Å². The molecule has 16 heavy (non-hydrogen) atoms. The zero-order chi connectivity index (χ0) is 11.2. The fourth-order valence-corrected chi connectivity index (χ4v) is 2.80. The fourth-order valence-electron chi connectivity index (χ4n) is 2.80. The van der Waals surface area contributed by atoms with Crippen LogP contribution in [0.3, 0.4) is 0 Å². The molecule has 1 fully saturated rings. The van der Waals surface area contributed by atoms with Crippen LogP contribution in [-0.4, -0.2) is 30.6 Å². The average Bonchev–Trinajstić information content (AvgIpc) is 2.25. The molecular weight excluding hydrogens is 196 g/mol. The number of nitrogens with two attached hydrogens (primary N) is 1. The fraction of sp³-hybridized carbons (Fsp3) is 0.857. The molecule has 0 bridgehead atoms.